The maximum Gasteiger partial charge on any atom is 0.141 e. The molecule has 0 bridgehead atoms. The molecule has 23 heavy (non-hydrogen) atoms. The van der Waals surface area contributed by atoms with E-state index in [0.29, 0.717) is 0 Å². The lowest BCUT2D eigenvalue weighted by molar-refractivity contribution is 0.409. The molecule has 0 amide bonds. The Morgan fingerprint density at radius 3 is 2.96 bits per heavy atom. The Balaban J connectivity index is 1.74. The molecule has 0 atom stereocenters. The molecule has 0 unspecified atom stereocenters. The summed E-state index contributed by atoms with van der Waals surface area (Å²) in [5.74, 6) is 1.94. The summed E-state index contributed by atoms with van der Waals surface area (Å²) in [6, 6.07) is 8.15. The lowest BCUT2D eigenvalue weighted by atomic mass is 10.1. The summed E-state index contributed by atoms with van der Waals surface area (Å²) in [7, 11) is 3.81. The van der Waals surface area contributed by atoms with E-state index in [0.717, 1.165) is 34.9 Å². The van der Waals surface area contributed by atoms with Gasteiger partial charge in [0.2, 0.25) is 0 Å². The van der Waals surface area contributed by atoms with Crippen LogP contribution in [0.25, 0.3) is 10.2 Å². The number of rotatable bonds is 4. The van der Waals surface area contributed by atoms with Gasteiger partial charge in [0.1, 0.15) is 22.7 Å². The molecule has 3 aromatic rings. The SMILES string of the molecule is COc1ccccc1CN(C)c1ncnc2sc3c(c12)CCC3. The number of aromatic nitrogens is 2. The van der Waals surface area contributed by atoms with Gasteiger partial charge in [-0.05, 0) is 30.9 Å². The molecule has 1 aliphatic rings. The van der Waals surface area contributed by atoms with Crippen LogP contribution in [0.4, 0.5) is 5.82 Å². The number of thiophene rings is 1. The van der Waals surface area contributed by atoms with Crippen molar-refractivity contribution in [1.82, 2.24) is 9.97 Å². The van der Waals surface area contributed by atoms with Gasteiger partial charge in [0.25, 0.3) is 0 Å². The van der Waals surface area contributed by atoms with Gasteiger partial charge in [-0.3, -0.25) is 0 Å². The summed E-state index contributed by atoms with van der Waals surface area (Å²) in [5, 5.41) is 1.25. The van der Waals surface area contributed by atoms with E-state index in [9.17, 15) is 0 Å². The predicted octanol–water partition coefficient (Wildman–Crippen LogP) is 3.83. The van der Waals surface area contributed by atoms with E-state index < -0.39 is 0 Å². The first-order valence-corrected chi connectivity index (χ1v) is 8.68. The highest BCUT2D eigenvalue weighted by Gasteiger charge is 2.22. The van der Waals surface area contributed by atoms with Crippen molar-refractivity contribution >= 4 is 27.4 Å². The third-order valence-electron chi connectivity index (χ3n) is 4.44. The molecular formula is C18H19N3OS. The number of ether oxygens (including phenoxy) is 1. The lowest BCUT2D eigenvalue weighted by Gasteiger charge is -2.20. The van der Waals surface area contributed by atoms with Crippen LogP contribution in [0.1, 0.15) is 22.4 Å². The molecule has 0 fully saturated rings. The number of nitrogens with zero attached hydrogens (tertiary/aromatic N) is 3. The van der Waals surface area contributed by atoms with E-state index >= 15 is 0 Å². The van der Waals surface area contributed by atoms with Crippen LogP contribution in [0.3, 0.4) is 0 Å². The summed E-state index contributed by atoms with van der Waals surface area (Å²) >= 11 is 1.83. The van der Waals surface area contributed by atoms with Gasteiger partial charge in [-0.2, -0.15) is 0 Å². The smallest absolute Gasteiger partial charge is 0.141 e. The average Bonchev–Trinajstić information content (AvgIpc) is 3.15. The molecule has 1 aliphatic carbocycles. The Labute approximate surface area is 139 Å². The van der Waals surface area contributed by atoms with Crippen molar-refractivity contribution in [3.63, 3.8) is 0 Å². The second kappa shape index (κ2) is 5.81. The van der Waals surface area contributed by atoms with E-state index in [1.807, 2.05) is 29.5 Å². The molecule has 5 heteroatoms. The van der Waals surface area contributed by atoms with Gasteiger partial charge in [-0.25, -0.2) is 9.97 Å². The van der Waals surface area contributed by atoms with Gasteiger partial charge in [-0.15, -0.1) is 11.3 Å². The second-order valence-corrected chi connectivity index (χ2v) is 6.99. The van der Waals surface area contributed by atoms with Crippen molar-refractivity contribution in [1.29, 1.82) is 0 Å². The highest BCUT2D eigenvalue weighted by atomic mass is 32.1. The molecule has 0 spiro atoms. The topological polar surface area (TPSA) is 38.2 Å². The second-order valence-electron chi connectivity index (χ2n) is 5.90. The molecule has 0 saturated heterocycles. The first-order chi connectivity index (χ1) is 11.3. The van der Waals surface area contributed by atoms with Gasteiger partial charge in [0, 0.05) is 24.0 Å². The normalized spacial score (nSPS) is 13.3. The number of benzene rings is 1. The fourth-order valence-electron chi connectivity index (χ4n) is 3.37. The number of hydrogen-bond acceptors (Lipinski definition) is 5. The van der Waals surface area contributed by atoms with Gasteiger partial charge < -0.3 is 9.64 Å². The number of anilines is 1. The Hall–Kier alpha value is -2.14. The first-order valence-electron chi connectivity index (χ1n) is 7.86. The molecule has 2 heterocycles. The van der Waals surface area contributed by atoms with Crippen molar-refractivity contribution in [2.45, 2.75) is 25.8 Å². The summed E-state index contributed by atoms with van der Waals surface area (Å²) < 4.78 is 5.47. The predicted molar refractivity (Wildman–Crippen MR) is 94.5 cm³/mol. The van der Waals surface area contributed by atoms with E-state index in [1.54, 1.807) is 13.4 Å². The summed E-state index contributed by atoms with van der Waals surface area (Å²) in [6.07, 6.45) is 5.27. The fraction of sp³-hybridized carbons (Fsp3) is 0.333. The standard InChI is InChI=1S/C18H19N3OS/c1-21(10-12-6-3-4-8-14(12)22-2)17-16-13-7-5-9-15(13)23-18(16)20-11-19-17/h3-4,6,8,11H,5,7,9-10H2,1-2H3. The lowest BCUT2D eigenvalue weighted by Crippen LogP contribution is -2.18. The molecule has 118 valence electrons. The maximum absolute atomic E-state index is 5.47. The van der Waals surface area contributed by atoms with Gasteiger partial charge >= 0.3 is 0 Å². The highest BCUT2D eigenvalue weighted by molar-refractivity contribution is 7.19. The van der Waals surface area contributed by atoms with Crippen molar-refractivity contribution in [2.75, 3.05) is 19.1 Å². The van der Waals surface area contributed by atoms with Crippen LogP contribution < -0.4 is 9.64 Å². The third kappa shape index (κ3) is 2.45. The number of fused-ring (bicyclic) bond motifs is 3. The minimum Gasteiger partial charge on any atom is -0.496 e. The van der Waals surface area contributed by atoms with Crippen LogP contribution in [0.15, 0.2) is 30.6 Å². The van der Waals surface area contributed by atoms with Crippen molar-refractivity contribution in [3.8, 4) is 5.75 Å². The van der Waals surface area contributed by atoms with Crippen molar-refractivity contribution < 1.29 is 4.74 Å². The molecule has 4 nitrogen and oxygen atoms in total. The highest BCUT2D eigenvalue weighted by Crippen LogP contribution is 2.40. The average molecular weight is 325 g/mol. The minimum atomic E-state index is 0.765. The van der Waals surface area contributed by atoms with Gasteiger partial charge in [0.05, 0.1) is 12.5 Å². The summed E-state index contributed by atoms with van der Waals surface area (Å²) in [5.41, 5.74) is 2.63. The van der Waals surface area contributed by atoms with Gasteiger partial charge in [-0.1, -0.05) is 18.2 Å². The summed E-state index contributed by atoms with van der Waals surface area (Å²) in [4.78, 5) is 13.9. The van der Waals surface area contributed by atoms with Crippen LogP contribution in [-0.2, 0) is 19.4 Å². The molecule has 0 saturated carbocycles. The van der Waals surface area contributed by atoms with E-state index in [1.165, 1.54) is 28.7 Å². The van der Waals surface area contributed by atoms with Crippen molar-refractivity contribution in [3.05, 3.63) is 46.6 Å². The Kier molecular flexibility index (Phi) is 3.65. The van der Waals surface area contributed by atoms with Crippen LogP contribution in [0.2, 0.25) is 0 Å². The molecule has 2 aromatic heterocycles. The first kappa shape index (κ1) is 14.5. The van der Waals surface area contributed by atoms with Crippen LogP contribution in [-0.4, -0.2) is 24.1 Å². The monoisotopic (exact) mass is 325 g/mol. The zero-order valence-corrected chi connectivity index (χ0v) is 14.2. The molecular weight excluding hydrogens is 306 g/mol. The van der Waals surface area contributed by atoms with Crippen LogP contribution in [0, 0.1) is 0 Å². The Bertz CT molecular complexity index is 859. The van der Waals surface area contributed by atoms with Crippen molar-refractivity contribution in [2.24, 2.45) is 0 Å². The molecule has 0 aliphatic heterocycles. The van der Waals surface area contributed by atoms with E-state index in [4.69, 9.17) is 4.74 Å². The molecule has 0 N–H and O–H groups in total. The van der Waals surface area contributed by atoms with Crippen LogP contribution >= 0.6 is 11.3 Å². The molecule has 0 radical (unpaired) electrons. The quantitative estimate of drug-likeness (QED) is 0.731. The zero-order chi connectivity index (χ0) is 15.8. The number of para-hydroxylation sites is 1. The maximum atomic E-state index is 5.47. The Morgan fingerprint density at radius 1 is 1.22 bits per heavy atom. The van der Waals surface area contributed by atoms with Gasteiger partial charge in [0.15, 0.2) is 0 Å². The fourth-order valence-corrected chi connectivity index (χ4v) is 4.59. The number of aryl methyl sites for hydroxylation is 2. The number of hydrogen-bond donors (Lipinski definition) is 0. The van der Waals surface area contributed by atoms with Crippen LogP contribution in [0.5, 0.6) is 5.75 Å². The molecule has 1 aromatic carbocycles. The van der Waals surface area contributed by atoms with E-state index in [-0.39, 0.29) is 0 Å². The Morgan fingerprint density at radius 2 is 2.09 bits per heavy atom. The molecule has 4 rings (SSSR count). The summed E-state index contributed by atoms with van der Waals surface area (Å²) in [6.45, 7) is 0.765. The zero-order valence-electron chi connectivity index (χ0n) is 13.4. The largest absolute Gasteiger partial charge is 0.496 e. The number of methoxy groups -OCH3 is 1. The third-order valence-corrected chi connectivity index (χ3v) is 5.64. The van der Waals surface area contributed by atoms with E-state index in [2.05, 4.69) is 28.0 Å². The minimum absolute atomic E-state index is 0.765.